The monoisotopic (exact) mass is 140 g/mol. The number of aliphatic imine (C=N–C) groups is 1. The van der Waals surface area contributed by atoms with Crippen LogP contribution in [0.4, 0.5) is 0 Å². The maximum Gasteiger partial charge on any atom is 0.102 e. The minimum absolute atomic E-state index is 0.502. The van der Waals surface area contributed by atoms with Gasteiger partial charge in [-0.25, -0.2) is 0 Å². The van der Waals surface area contributed by atoms with Gasteiger partial charge in [0.2, 0.25) is 0 Å². The van der Waals surface area contributed by atoms with E-state index in [9.17, 15) is 0 Å². The molecule has 1 heterocycles. The molecule has 1 unspecified atom stereocenters. The Kier molecular flexibility index (Phi) is 1.97. The van der Waals surface area contributed by atoms with Crippen molar-refractivity contribution in [3.05, 3.63) is 0 Å². The summed E-state index contributed by atoms with van der Waals surface area (Å²) in [5, 5.41) is 0. The van der Waals surface area contributed by atoms with Crippen LogP contribution in [0.3, 0.4) is 0 Å². The second kappa shape index (κ2) is 2.60. The molecule has 2 heteroatoms. The highest BCUT2D eigenvalue weighted by atomic mass is 15.2. The van der Waals surface area contributed by atoms with Gasteiger partial charge in [0.25, 0.3) is 0 Å². The molecule has 0 aliphatic carbocycles. The van der Waals surface area contributed by atoms with Crippen LogP contribution in [0.2, 0.25) is 0 Å². The van der Waals surface area contributed by atoms with Crippen LogP contribution in [0, 0.1) is 5.92 Å². The quantitative estimate of drug-likeness (QED) is 0.537. The van der Waals surface area contributed by atoms with Crippen LogP contribution in [-0.4, -0.2) is 30.4 Å². The van der Waals surface area contributed by atoms with E-state index in [1.54, 1.807) is 0 Å². The summed E-state index contributed by atoms with van der Waals surface area (Å²) < 4.78 is 0. The zero-order valence-corrected chi connectivity index (χ0v) is 7.26. The highest BCUT2D eigenvalue weighted by molar-refractivity contribution is 5.85. The molecule has 1 rings (SSSR count). The average Bonchev–Trinajstić information content (AvgIpc) is 2.10. The standard InChI is InChI=1S/C8H16N2/c1-6(2)8-9-7(3)5-10(8)4/h6-7H,5H2,1-4H3. The predicted octanol–water partition coefficient (Wildman–Crippen LogP) is 1.37. The van der Waals surface area contributed by atoms with Gasteiger partial charge >= 0.3 is 0 Å². The summed E-state index contributed by atoms with van der Waals surface area (Å²) in [4.78, 5) is 6.76. The molecule has 0 aromatic heterocycles. The van der Waals surface area contributed by atoms with Crippen LogP contribution in [0.5, 0.6) is 0 Å². The van der Waals surface area contributed by atoms with Crippen LogP contribution >= 0.6 is 0 Å². The fourth-order valence-corrected chi connectivity index (χ4v) is 1.44. The number of nitrogens with zero attached hydrogens (tertiary/aromatic N) is 2. The summed E-state index contributed by atoms with van der Waals surface area (Å²) in [6.45, 7) is 7.63. The van der Waals surface area contributed by atoms with Gasteiger partial charge in [-0.15, -0.1) is 0 Å². The fourth-order valence-electron chi connectivity index (χ4n) is 1.44. The van der Waals surface area contributed by atoms with Gasteiger partial charge in [-0.3, -0.25) is 4.99 Å². The van der Waals surface area contributed by atoms with Crippen molar-refractivity contribution in [1.29, 1.82) is 0 Å². The number of hydrogen-bond donors (Lipinski definition) is 0. The Balaban J connectivity index is 2.65. The predicted molar refractivity (Wildman–Crippen MR) is 44.4 cm³/mol. The highest BCUT2D eigenvalue weighted by Gasteiger charge is 2.19. The van der Waals surface area contributed by atoms with E-state index >= 15 is 0 Å². The first kappa shape index (κ1) is 7.58. The lowest BCUT2D eigenvalue weighted by atomic mass is 10.2. The highest BCUT2D eigenvalue weighted by Crippen LogP contribution is 2.11. The van der Waals surface area contributed by atoms with Crippen LogP contribution in [0.25, 0.3) is 0 Å². The third kappa shape index (κ3) is 1.31. The molecule has 2 nitrogen and oxygen atoms in total. The smallest absolute Gasteiger partial charge is 0.102 e. The third-order valence-corrected chi connectivity index (χ3v) is 1.80. The molecule has 0 fully saturated rings. The van der Waals surface area contributed by atoms with Gasteiger partial charge in [0.1, 0.15) is 5.84 Å². The van der Waals surface area contributed by atoms with Crippen molar-refractivity contribution in [1.82, 2.24) is 4.90 Å². The third-order valence-electron chi connectivity index (χ3n) is 1.80. The fraction of sp³-hybridized carbons (Fsp3) is 0.875. The van der Waals surface area contributed by atoms with E-state index in [2.05, 4.69) is 37.7 Å². The zero-order chi connectivity index (χ0) is 7.72. The molecule has 1 atom stereocenters. The summed E-state index contributed by atoms with van der Waals surface area (Å²) in [7, 11) is 2.11. The largest absolute Gasteiger partial charge is 0.361 e. The maximum absolute atomic E-state index is 4.51. The molecule has 0 aromatic carbocycles. The van der Waals surface area contributed by atoms with E-state index in [0.29, 0.717) is 12.0 Å². The summed E-state index contributed by atoms with van der Waals surface area (Å²) in [5.41, 5.74) is 0. The van der Waals surface area contributed by atoms with Gasteiger partial charge in [0, 0.05) is 19.5 Å². The normalized spacial score (nSPS) is 25.9. The van der Waals surface area contributed by atoms with Crippen LogP contribution in [-0.2, 0) is 0 Å². The molecule has 10 heavy (non-hydrogen) atoms. The van der Waals surface area contributed by atoms with Crippen molar-refractivity contribution in [2.45, 2.75) is 26.8 Å². The Morgan fingerprint density at radius 3 is 2.40 bits per heavy atom. The minimum atomic E-state index is 0.502. The first-order valence-corrected chi connectivity index (χ1v) is 3.90. The first-order chi connectivity index (χ1) is 4.61. The topological polar surface area (TPSA) is 15.6 Å². The van der Waals surface area contributed by atoms with Gasteiger partial charge in [-0.2, -0.15) is 0 Å². The molecule has 0 saturated heterocycles. The molecule has 58 valence electrons. The molecular weight excluding hydrogens is 124 g/mol. The van der Waals surface area contributed by atoms with E-state index in [1.807, 2.05) is 0 Å². The average molecular weight is 140 g/mol. The second-order valence-electron chi connectivity index (χ2n) is 3.37. The summed E-state index contributed by atoms with van der Waals surface area (Å²) in [6.07, 6.45) is 0. The van der Waals surface area contributed by atoms with Gasteiger partial charge in [0.05, 0.1) is 6.04 Å². The summed E-state index contributed by atoms with van der Waals surface area (Å²) in [6, 6.07) is 0.502. The van der Waals surface area contributed by atoms with Gasteiger partial charge in [-0.05, 0) is 6.92 Å². The minimum Gasteiger partial charge on any atom is -0.361 e. The molecule has 1 aliphatic rings. The van der Waals surface area contributed by atoms with Gasteiger partial charge in [-0.1, -0.05) is 13.8 Å². The summed E-state index contributed by atoms with van der Waals surface area (Å²) in [5.74, 6) is 1.84. The van der Waals surface area contributed by atoms with Crippen LogP contribution in [0.15, 0.2) is 4.99 Å². The van der Waals surface area contributed by atoms with Gasteiger partial charge < -0.3 is 4.90 Å². The maximum atomic E-state index is 4.51. The second-order valence-corrected chi connectivity index (χ2v) is 3.37. The zero-order valence-electron chi connectivity index (χ0n) is 7.26. The molecule has 0 bridgehead atoms. The molecule has 0 N–H and O–H groups in total. The van der Waals surface area contributed by atoms with Crippen molar-refractivity contribution >= 4 is 5.84 Å². The molecule has 0 aromatic rings. The Morgan fingerprint density at radius 1 is 1.60 bits per heavy atom. The SMILES string of the molecule is CC1CN(C)C(C(C)C)=N1. The van der Waals surface area contributed by atoms with Gasteiger partial charge in [0.15, 0.2) is 0 Å². The Morgan fingerprint density at radius 2 is 2.20 bits per heavy atom. The molecule has 0 radical (unpaired) electrons. The van der Waals surface area contributed by atoms with Crippen molar-refractivity contribution in [2.24, 2.45) is 10.9 Å². The van der Waals surface area contributed by atoms with Crippen molar-refractivity contribution < 1.29 is 0 Å². The lowest BCUT2D eigenvalue weighted by Crippen LogP contribution is -2.27. The van der Waals surface area contributed by atoms with E-state index < -0.39 is 0 Å². The molecule has 0 spiro atoms. The lowest BCUT2D eigenvalue weighted by Gasteiger charge is -2.16. The van der Waals surface area contributed by atoms with E-state index in [-0.39, 0.29) is 0 Å². The number of hydrogen-bond acceptors (Lipinski definition) is 2. The number of rotatable bonds is 1. The van der Waals surface area contributed by atoms with Crippen molar-refractivity contribution in [3.8, 4) is 0 Å². The molecule has 0 saturated carbocycles. The van der Waals surface area contributed by atoms with Crippen LogP contribution < -0.4 is 0 Å². The van der Waals surface area contributed by atoms with E-state index in [0.717, 1.165) is 6.54 Å². The summed E-state index contributed by atoms with van der Waals surface area (Å²) >= 11 is 0. The molecular formula is C8H16N2. The number of amidine groups is 1. The molecule has 1 aliphatic heterocycles. The molecule has 0 amide bonds. The van der Waals surface area contributed by atoms with E-state index in [4.69, 9.17) is 0 Å². The van der Waals surface area contributed by atoms with E-state index in [1.165, 1.54) is 5.84 Å². The van der Waals surface area contributed by atoms with Crippen LogP contribution in [0.1, 0.15) is 20.8 Å². The first-order valence-electron chi connectivity index (χ1n) is 3.90. The lowest BCUT2D eigenvalue weighted by molar-refractivity contribution is 0.495. The Hall–Kier alpha value is -0.530. The Bertz CT molecular complexity index is 149. The number of likely N-dealkylation sites (N-methyl/N-ethyl adjacent to an activating group) is 1. The van der Waals surface area contributed by atoms with Crippen molar-refractivity contribution in [3.63, 3.8) is 0 Å². The Labute approximate surface area is 62.9 Å². The van der Waals surface area contributed by atoms with Crippen molar-refractivity contribution in [2.75, 3.05) is 13.6 Å².